The maximum absolute atomic E-state index is 13.1. The molecule has 1 saturated carbocycles. The number of nitrogens with two attached hydrogens (primary N) is 1. The van der Waals surface area contributed by atoms with E-state index in [1.54, 1.807) is 0 Å². The number of benzene rings is 1. The number of anilines is 1. The zero-order chi connectivity index (χ0) is 20.3. The number of thiophene rings is 1. The van der Waals surface area contributed by atoms with Gasteiger partial charge in [0.15, 0.2) is 0 Å². The van der Waals surface area contributed by atoms with Gasteiger partial charge in [0.05, 0.1) is 17.4 Å². The Kier molecular flexibility index (Phi) is 4.10. The molecule has 1 aromatic carbocycles. The molecule has 0 spiro atoms. The lowest BCUT2D eigenvalue weighted by Crippen LogP contribution is -2.36. The van der Waals surface area contributed by atoms with Gasteiger partial charge in [-0.25, -0.2) is 0 Å². The van der Waals surface area contributed by atoms with Crippen molar-refractivity contribution < 1.29 is 19.5 Å². The van der Waals surface area contributed by atoms with Gasteiger partial charge >= 0.3 is 5.97 Å². The van der Waals surface area contributed by atoms with E-state index in [0.717, 1.165) is 22.4 Å². The fourth-order valence-corrected chi connectivity index (χ4v) is 6.52. The van der Waals surface area contributed by atoms with Crippen LogP contribution >= 0.6 is 11.3 Å². The second-order valence-electron chi connectivity index (χ2n) is 7.96. The minimum absolute atomic E-state index is 0.0755. The fourth-order valence-electron chi connectivity index (χ4n) is 5.20. The number of primary amides is 1. The zero-order valence-corrected chi connectivity index (χ0v) is 16.4. The minimum Gasteiger partial charge on any atom is -0.481 e. The Labute approximate surface area is 171 Å². The van der Waals surface area contributed by atoms with Crippen molar-refractivity contribution in [2.24, 2.45) is 29.4 Å². The Morgan fingerprint density at radius 1 is 1.07 bits per heavy atom. The number of aliphatic carboxylic acids is 1. The van der Waals surface area contributed by atoms with Crippen LogP contribution in [-0.2, 0) is 22.4 Å². The molecule has 4 N–H and O–H groups in total. The van der Waals surface area contributed by atoms with Gasteiger partial charge in [-0.05, 0) is 47.8 Å². The average molecular weight is 408 g/mol. The minimum atomic E-state index is -0.948. The third-order valence-corrected chi connectivity index (χ3v) is 7.62. The summed E-state index contributed by atoms with van der Waals surface area (Å²) in [4.78, 5) is 38.0. The maximum atomic E-state index is 13.1. The van der Waals surface area contributed by atoms with Crippen molar-refractivity contribution in [3.8, 4) is 10.4 Å². The molecule has 0 aliphatic heterocycles. The predicted octanol–water partition coefficient (Wildman–Crippen LogP) is 3.07. The Balaban J connectivity index is 1.52. The number of hydrogen-bond acceptors (Lipinski definition) is 4. The number of rotatable bonds is 4. The van der Waals surface area contributed by atoms with Gasteiger partial charge in [0.2, 0.25) is 5.91 Å². The van der Waals surface area contributed by atoms with Crippen LogP contribution in [0.4, 0.5) is 5.00 Å². The number of carbonyl (C=O) groups is 3. The highest BCUT2D eigenvalue weighted by Crippen LogP contribution is 2.50. The molecule has 6 nitrogen and oxygen atoms in total. The summed E-state index contributed by atoms with van der Waals surface area (Å²) in [5.74, 6) is -3.40. The molecule has 0 radical (unpaired) electrons. The number of hydrogen-bond donors (Lipinski definition) is 3. The standard InChI is InChI=1S/C22H20N2O4S/c23-19(25)17-14-8-7-10-3-1-2-4-13(10)18(14)29-21(17)24-20(26)15-11-5-6-12(9-11)16(15)22(27)28/h1-6,11-12,15-16H,7-9H2,(H2,23,25)(H,24,26)(H,27,28)/t11-,12-,15+,16+/m0/s1. The number of carboxylic acid groups (broad SMARTS) is 1. The molecule has 148 valence electrons. The van der Waals surface area contributed by atoms with Crippen LogP contribution in [0.3, 0.4) is 0 Å². The topological polar surface area (TPSA) is 109 Å². The Morgan fingerprint density at radius 2 is 1.79 bits per heavy atom. The van der Waals surface area contributed by atoms with Crippen LogP contribution in [0.25, 0.3) is 10.4 Å². The number of allylic oxidation sites excluding steroid dienone is 2. The molecule has 0 unspecified atom stereocenters. The molecular formula is C22H20N2O4S. The molecule has 2 bridgehead atoms. The molecule has 4 atom stereocenters. The van der Waals surface area contributed by atoms with E-state index in [0.29, 0.717) is 23.4 Å². The first kappa shape index (κ1) is 18.1. The quantitative estimate of drug-likeness (QED) is 0.675. The number of carbonyl (C=O) groups excluding carboxylic acids is 2. The molecular weight excluding hydrogens is 388 g/mol. The number of carboxylic acids is 1. The summed E-state index contributed by atoms with van der Waals surface area (Å²) < 4.78 is 0. The molecule has 7 heteroatoms. The van der Waals surface area contributed by atoms with Gasteiger partial charge in [-0.2, -0.15) is 0 Å². The highest BCUT2D eigenvalue weighted by atomic mass is 32.1. The van der Waals surface area contributed by atoms with E-state index in [9.17, 15) is 19.5 Å². The molecule has 1 heterocycles. The molecule has 3 aliphatic rings. The van der Waals surface area contributed by atoms with Crippen LogP contribution in [0.2, 0.25) is 0 Å². The van der Waals surface area contributed by atoms with Crippen molar-refractivity contribution in [2.45, 2.75) is 19.3 Å². The molecule has 2 amide bonds. The summed E-state index contributed by atoms with van der Waals surface area (Å²) in [5.41, 5.74) is 9.18. The highest BCUT2D eigenvalue weighted by Gasteiger charge is 2.51. The van der Waals surface area contributed by atoms with E-state index in [-0.39, 0.29) is 17.7 Å². The van der Waals surface area contributed by atoms with Gasteiger partial charge in [0, 0.05) is 4.88 Å². The second-order valence-corrected chi connectivity index (χ2v) is 8.98. The van der Waals surface area contributed by atoms with Crippen molar-refractivity contribution in [2.75, 3.05) is 5.32 Å². The summed E-state index contributed by atoms with van der Waals surface area (Å²) in [6.45, 7) is 0. The average Bonchev–Trinajstić information content (AvgIpc) is 3.39. The van der Waals surface area contributed by atoms with E-state index >= 15 is 0 Å². The van der Waals surface area contributed by atoms with Crippen molar-refractivity contribution in [3.05, 3.63) is 53.1 Å². The normalized spacial score (nSPS) is 26.1. The van der Waals surface area contributed by atoms with Gasteiger partial charge in [-0.3, -0.25) is 14.4 Å². The second kappa shape index (κ2) is 6.56. The molecule has 2 aromatic rings. The third kappa shape index (κ3) is 2.72. The van der Waals surface area contributed by atoms with Gasteiger partial charge in [-0.1, -0.05) is 36.4 Å². The summed E-state index contributed by atoms with van der Waals surface area (Å²) in [6, 6.07) is 8.03. The van der Waals surface area contributed by atoms with E-state index in [1.807, 2.05) is 30.4 Å². The third-order valence-electron chi connectivity index (χ3n) is 6.44. The molecule has 1 fully saturated rings. The van der Waals surface area contributed by atoms with Gasteiger partial charge < -0.3 is 16.2 Å². The predicted molar refractivity (Wildman–Crippen MR) is 110 cm³/mol. The monoisotopic (exact) mass is 408 g/mol. The largest absolute Gasteiger partial charge is 0.481 e. The highest BCUT2D eigenvalue weighted by molar-refractivity contribution is 7.20. The summed E-state index contributed by atoms with van der Waals surface area (Å²) in [6.07, 6.45) is 6.03. The lowest BCUT2D eigenvalue weighted by molar-refractivity contribution is -0.146. The molecule has 1 aromatic heterocycles. The smallest absolute Gasteiger partial charge is 0.307 e. The van der Waals surface area contributed by atoms with Crippen molar-refractivity contribution in [1.29, 1.82) is 0 Å². The van der Waals surface area contributed by atoms with E-state index in [2.05, 4.69) is 11.4 Å². The van der Waals surface area contributed by atoms with Crippen LogP contribution in [0.5, 0.6) is 0 Å². The van der Waals surface area contributed by atoms with Crippen LogP contribution in [0, 0.1) is 23.7 Å². The molecule has 29 heavy (non-hydrogen) atoms. The van der Waals surface area contributed by atoms with Crippen LogP contribution in [-0.4, -0.2) is 22.9 Å². The first-order valence-corrected chi connectivity index (χ1v) is 10.5. The van der Waals surface area contributed by atoms with Crippen molar-refractivity contribution in [1.82, 2.24) is 0 Å². The van der Waals surface area contributed by atoms with Crippen LogP contribution in [0.1, 0.15) is 27.9 Å². The SMILES string of the molecule is NC(=O)c1c(NC(=O)[C@H]2[C@H](C(=O)O)[C@H]3C=C[C@H]2C3)sc2c1CCc1ccccc1-2. The van der Waals surface area contributed by atoms with Crippen LogP contribution in [0.15, 0.2) is 36.4 Å². The number of nitrogens with one attached hydrogen (secondary N) is 1. The van der Waals surface area contributed by atoms with Crippen molar-refractivity contribution >= 4 is 34.1 Å². The molecule has 0 saturated heterocycles. The van der Waals surface area contributed by atoms with Gasteiger partial charge in [-0.15, -0.1) is 11.3 Å². The van der Waals surface area contributed by atoms with E-state index in [1.165, 1.54) is 16.9 Å². The Morgan fingerprint density at radius 3 is 2.52 bits per heavy atom. The van der Waals surface area contributed by atoms with Crippen LogP contribution < -0.4 is 11.1 Å². The molecule has 5 rings (SSSR count). The first-order chi connectivity index (χ1) is 14.0. The molecule has 3 aliphatic carbocycles. The maximum Gasteiger partial charge on any atom is 0.307 e. The summed E-state index contributed by atoms with van der Waals surface area (Å²) >= 11 is 1.35. The Bertz CT molecular complexity index is 1090. The number of amides is 2. The van der Waals surface area contributed by atoms with E-state index < -0.39 is 23.7 Å². The zero-order valence-electron chi connectivity index (χ0n) is 15.6. The number of fused-ring (bicyclic) bond motifs is 5. The van der Waals surface area contributed by atoms with Crippen molar-refractivity contribution in [3.63, 3.8) is 0 Å². The summed E-state index contributed by atoms with van der Waals surface area (Å²) in [7, 11) is 0. The van der Waals surface area contributed by atoms with Gasteiger partial charge in [0.1, 0.15) is 5.00 Å². The van der Waals surface area contributed by atoms with E-state index in [4.69, 9.17) is 5.73 Å². The fraction of sp³-hybridized carbons (Fsp3) is 0.318. The van der Waals surface area contributed by atoms with Gasteiger partial charge in [0.25, 0.3) is 5.91 Å². The lowest BCUT2D eigenvalue weighted by atomic mass is 9.82. The Hall–Kier alpha value is -2.93. The first-order valence-electron chi connectivity index (χ1n) is 9.71. The summed E-state index contributed by atoms with van der Waals surface area (Å²) in [5, 5.41) is 12.9. The number of aryl methyl sites for hydroxylation is 1. The lowest BCUT2D eigenvalue weighted by Gasteiger charge is -2.23.